The lowest BCUT2D eigenvalue weighted by Crippen LogP contribution is -2.35. The van der Waals surface area contributed by atoms with Crippen LogP contribution in [-0.2, 0) is 9.84 Å². The number of nitrogens with zero attached hydrogens (tertiary/aromatic N) is 3. The Labute approximate surface area is 163 Å². The van der Waals surface area contributed by atoms with Crippen LogP contribution in [0.4, 0.5) is 11.4 Å². The number of thiazole rings is 1. The van der Waals surface area contributed by atoms with Crippen LogP contribution < -0.4 is 4.90 Å². The van der Waals surface area contributed by atoms with Crippen LogP contribution in [0, 0.1) is 10.1 Å². The van der Waals surface area contributed by atoms with E-state index in [-0.39, 0.29) is 16.5 Å². The predicted molar refractivity (Wildman–Crippen MR) is 107 cm³/mol. The van der Waals surface area contributed by atoms with Crippen LogP contribution in [0.2, 0.25) is 0 Å². The molecule has 146 valence electrons. The van der Waals surface area contributed by atoms with Crippen molar-refractivity contribution in [1.29, 1.82) is 0 Å². The van der Waals surface area contributed by atoms with Gasteiger partial charge in [0.15, 0.2) is 9.84 Å². The Bertz CT molecular complexity index is 953. The molecule has 1 unspecified atom stereocenters. The largest absolute Gasteiger partial charge is 0.365 e. The molecule has 1 atom stereocenters. The lowest BCUT2D eigenvalue weighted by atomic mass is 9.98. The molecule has 0 aliphatic carbocycles. The molecule has 1 saturated heterocycles. The lowest BCUT2D eigenvalue weighted by Gasteiger charge is -2.33. The topological polar surface area (TPSA) is 93.4 Å². The highest BCUT2D eigenvalue weighted by Crippen LogP contribution is 2.39. The highest BCUT2D eigenvalue weighted by atomic mass is 32.2. The first kappa shape index (κ1) is 19.8. The van der Waals surface area contributed by atoms with Crippen molar-refractivity contribution in [2.45, 2.75) is 43.4 Å². The maximum atomic E-state index is 12.0. The zero-order valence-corrected chi connectivity index (χ0v) is 17.2. The molecule has 0 amide bonds. The second-order valence-corrected chi connectivity index (χ2v) is 10.1. The average molecular weight is 410 g/mol. The molecular formula is C18H23N3O4S2. The Hall–Kier alpha value is -2.00. The molecule has 2 aromatic rings. The molecule has 7 nitrogen and oxygen atoms in total. The molecule has 1 fully saturated rings. The van der Waals surface area contributed by atoms with Crippen LogP contribution in [-0.4, -0.2) is 37.7 Å². The second kappa shape index (κ2) is 7.55. The van der Waals surface area contributed by atoms with Gasteiger partial charge in [-0.15, -0.1) is 11.3 Å². The van der Waals surface area contributed by atoms with E-state index in [2.05, 4.69) is 19.2 Å². The summed E-state index contributed by atoms with van der Waals surface area (Å²) >= 11 is 1.63. The first-order valence-electron chi connectivity index (χ1n) is 8.86. The van der Waals surface area contributed by atoms with E-state index in [1.54, 1.807) is 23.5 Å². The summed E-state index contributed by atoms with van der Waals surface area (Å²) in [5, 5.41) is 14.8. The van der Waals surface area contributed by atoms with Crippen LogP contribution in [0.25, 0.3) is 0 Å². The highest BCUT2D eigenvalue weighted by Gasteiger charge is 2.32. The normalized spacial score (nSPS) is 18.1. The highest BCUT2D eigenvalue weighted by molar-refractivity contribution is 7.90. The van der Waals surface area contributed by atoms with Gasteiger partial charge in [-0.3, -0.25) is 10.1 Å². The molecule has 1 aliphatic rings. The van der Waals surface area contributed by atoms with Crippen LogP contribution in [0.15, 0.2) is 28.5 Å². The van der Waals surface area contributed by atoms with Gasteiger partial charge in [0, 0.05) is 30.6 Å². The minimum atomic E-state index is -3.69. The fraction of sp³-hybridized carbons (Fsp3) is 0.500. The number of anilines is 1. The maximum Gasteiger partial charge on any atom is 0.311 e. The minimum Gasteiger partial charge on any atom is -0.365 e. The van der Waals surface area contributed by atoms with Gasteiger partial charge >= 0.3 is 5.69 Å². The third-order valence-electron chi connectivity index (χ3n) is 4.80. The van der Waals surface area contributed by atoms with Crippen LogP contribution in [0.5, 0.6) is 0 Å². The van der Waals surface area contributed by atoms with Gasteiger partial charge in [-0.1, -0.05) is 19.9 Å². The van der Waals surface area contributed by atoms with Gasteiger partial charge in [0.1, 0.15) is 10.6 Å². The third-order valence-corrected chi connectivity index (χ3v) is 6.96. The number of piperidine rings is 1. The fourth-order valence-electron chi connectivity index (χ4n) is 3.40. The maximum absolute atomic E-state index is 12.0. The summed E-state index contributed by atoms with van der Waals surface area (Å²) in [4.78, 5) is 17.5. The van der Waals surface area contributed by atoms with Crippen molar-refractivity contribution in [2.24, 2.45) is 0 Å². The van der Waals surface area contributed by atoms with E-state index in [0.717, 1.165) is 29.8 Å². The van der Waals surface area contributed by atoms with E-state index in [1.165, 1.54) is 6.07 Å². The van der Waals surface area contributed by atoms with Crippen molar-refractivity contribution >= 4 is 32.5 Å². The number of nitro benzene ring substituents is 1. The predicted octanol–water partition coefficient (Wildman–Crippen LogP) is 3.96. The minimum absolute atomic E-state index is 0.192. The second-order valence-electron chi connectivity index (χ2n) is 7.20. The number of nitro groups is 1. The molecular weight excluding hydrogens is 386 g/mol. The Balaban J connectivity index is 1.95. The van der Waals surface area contributed by atoms with Crippen LogP contribution in [0.1, 0.15) is 49.2 Å². The van der Waals surface area contributed by atoms with Gasteiger partial charge in [-0.25, -0.2) is 13.4 Å². The van der Waals surface area contributed by atoms with Crippen molar-refractivity contribution in [1.82, 2.24) is 4.98 Å². The molecule has 1 aromatic heterocycles. The first-order chi connectivity index (χ1) is 12.7. The number of hydrogen-bond acceptors (Lipinski definition) is 7. The third kappa shape index (κ3) is 4.14. The van der Waals surface area contributed by atoms with Gasteiger partial charge in [0.2, 0.25) is 0 Å². The molecule has 0 radical (unpaired) electrons. The van der Waals surface area contributed by atoms with E-state index < -0.39 is 14.8 Å². The van der Waals surface area contributed by atoms with Crippen molar-refractivity contribution < 1.29 is 13.3 Å². The van der Waals surface area contributed by atoms with E-state index in [1.807, 2.05) is 4.90 Å². The molecule has 27 heavy (non-hydrogen) atoms. The Kier molecular flexibility index (Phi) is 5.53. The van der Waals surface area contributed by atoms with Crippen LogP contribution in [0.3, 0.4) is 0 Å². The van der Waals surface area contributed by atoms with E-state index in [0.29, 0.717) is 24.7 Å². The number of sulfone groups is 1. The van der Waals surface area contributed by atoms with E-state index in [4.69, 9.17) is 4.98 Å². The standard InChI is InChI=1S/C18H23N3O4S2/c1-12(2)14-11-26-18(19-14)13-6-5-9-20(10-13)15-7-4-8-16(27(3,24)25)17(15)21(22)23/h4,7-8,11-13H,5-6,9-10H2,1-3H3. The monoisotopic (exact) mass is 409 g/mol. The number of para-hydroxylation sites is 1. The van der Waals surface area contributed by atoms with Crippen molar-refractivity contribution in [3.05, 3.63) is 44.4 Å². The van der Waals surface area contributed by atoms with Gasteiger partial charge in [0.25, 0.3) is 0 Å². The molecule has 0 saturated carbocycles. The Morgan fingerprint density at radius 1 is 1.37 bits per heavy atom. The zero-order valence-electron chi connectivity index (χ0n) is 15.6. The summed E-state index contributed by atoms with van der Waals surface area (Å²) in [7, 11) is -3.69. The van der Waals surface area contributed by atoms with Gasteiger partial charge in [-0.2, -0.15) is 0 Å². The van der Waals surface area contributed by atoms with E-state index >= 15 is 0 Å². The quantitative estimate of drug-likeness (QED) is 0.548. The summed E-state index contributed by atoms with van der Waals surface area (Å²) in [5.41, 5.74) is 1.10. The molecule has 0 spiro atoms. The SMILES string of the molecule is CC(C)c1csc(C2CCCN(c3cccc(S(C)(=O)=O)c3[N+](=O)[O-])C2)n1. The zero-order chi connectivity index (χ0) is 19.8. The van der Waals surface area contributed by atoms with Gasteiger partial charge < -0.3 is 4.90 Å². The molecule has 1 aromatic carbocycles. The van der Waals surface area contributed by atoms with Crippen molar-refractivity contribution in [3.8, 4) is 0 Å². The van der Waals surface area contributed by atoms with E-state index in [9.17, 15) is 18.5 Å². The van der Waals surface area contributed by atoms with Gasteiger partial charge in [0.05, 0.1) is 15.6 Å². The summed E-state index contributed by atoms with van der Waals surface area (Å²) < 4.78 is 24.0. The number of hydrogen-bond donors (Lipinski definition) is 0. The smallest absolute Gasteiger partial charge is 0.311 e. The number of benzene rings is 1. The molecule has 3 rings (SSSR count). The molecule has 1 aliphatic heterocycles. The number of rotatable bonds is 5. The molecule has 0 N–H and O–H groups in total. The fourth-order valence-corrected chi connectivity index (χ4v) is 5.36. The van der Waals surface area contributed by atoms with Crippen LogP contribution >= 0.6 is 11.3 Å². The van der Waals surface area contributed by atoms with Gasteiger partial charge in [-0.05, 0) is 30.9 Å². The summed E-state index contributed by atoms with van der Waals surface area (Å²) in [5.74, 6) is 0.556. The first-order valence-corrected chi connectivity index (χ1v) is 11.6. The molecule has 9 heteroatoms. The Morgan fingerprint density at radius 3 is 2.70 bits per heavy atom. The molecule has 0 bridgehead atoms. The average Bonchev–Trinajstić information content (AvgIpc) is 3.11. The summed E-state index contributed by atoms with van der Waals surface area (Å²) in [6, 6.07) is 4.51. The van der Waals surface area contributed by atoms with Crippen molar-refractivity contribution in [3.63, 3.8) is 0 Å². The summed E-state index contributed by atoms with van der Waals surface area (Å²) in [6.45, 7) is 5.46. The van der Waals surface area contributed by atoms with Crippen molar-refractivity contribution in [2.75, 3.05) is 24.2 Å². The summed E-state index contributed by atoms with van der Waals surface area (Å²) in [6.07, 6.45) is 2.85. The molecule has 2 heterocycles. The Morgan fingerprint density at radius 2 is 2.11 bits per heavy atom. The lowest BCUT2D eigenvalue weighted by molar-refractivity contribution is -0.387. The number of aromatic nitrogens is 1.